The van der Waals surface area contributed by atoms with Crippen LogP contribution < -0.4 is 14.8 Å². The standard InChI is InChI=1S/C28H24BrClN2O5S/c1-16-10-21(29)22(11-17(16)2)31-26(33)15-37-23-9-6-19(12-24(23)36-3)13-25-27(34)32(28(35)38-25)14-18-4-7-20(30)8-5-18/h4-13H,14-15H2,1-3H3,(H,31,33)/b25-13+. The molecule has 1 aliphatic rings. The van der Waals surface area contributed by atoms with Gasteiger partial charge in [0.15, 0.2) is 18.1 Å². The molecule has 3 aromatic carbocycles. The molecule has 7 nitrogen and oxygen atoms in total. The average Bonchev–Trinajstić information content (AvgIpc) is 3.14. The molecule has 0 spiro atoms. The molecule has 3 amide bonds. The molecule has 3 aromatic rings. The van der Waals surface area contributed by atoms with Gasteiger partial charge in [0.2, 0.25) is 0 Å². The van der Waals surface area contributed by atoms with Gasteiger partial charge in [-0.15, -0.1) is 0 Å². The molecule has 1 heterocycles. The van der Waals surface area contributed by atoms with Gasteiger partial charge < -0.3 is 14.8 Å². The van der Waals surface area contributed by atoms with Crippen molar-refractivity contribution in [3.05, 3.63) is 91.3 Å². The fourth-order valence-electron chi connectivity index (χ4n) is 3.66. The molecule has 1 N–H and O–H groups in total. The smallest absolute Gasteiger partial charge is 0.293 e. The van der Waals surface area contributed by atoms with E-state index < -0.39 is 0 Å². The Morgan fingerprint density at radius 3 is 2.47 bits per heavy atom. The van der Waals surface area contributed by atoms with Crippen LogP contribution in [-0.2, 0) is 16.1 Å². The van der Waals surface area contributed by atoms with Gasteiger partial charge in [0.1, 0.15) is 0 Å². The van der Waals surface area contributed by atoms with Crippen molar-refractivity contribution in [2.75, 3.05) is 19.0 Å². The SMILES string of the molecule is COc1cc(/C=C2/SC(=O)N(Cc3ccc(Cl)cc3)C2=O)ccc1OCC(=O)Nc1cc(C)c(C)cc1Br. The number of carbonyl (C=O) groups excluding carboxylic acids is 3. The average molecular weight is 616 g/mol. The number of hydrogen-bond acceptors (Lipinski definition) is 6. The number of amides is 3. The summed E-state index contributed by atoms with van der Waals surface area (Å²) in [6.07, 6.45) is 1.63. The number of imide groups is 1. The molecule has 0 atom stereocenters. The van der Waals surface area contributed by atoms with Crippen molar-refractivity contribution in [3.8, 4) is 11.5 Å². The second-order valence-electron chi connectivity index (χ2n) is 8.56. The molecule has 0 aliphatic carbocycles. The molecule has 1 saturated heterocycles. The predicted octanol–water partition coefficient (Wildman–Crippen LogP) is 6.98. The summed E-state index contributed by atoms with van der Waals surface area (Å²) in [5, 5.41) is 3.07. The molecule has 196 valence electrons. The van der Waals surface area contributed by atoms with E-state index in [2.05, 4.69) is 21.2 Å². The summed E-state index contributed by atoms with van der Waals surface area (Å²) in [7, 11) is 1.48. The van der Waals surface area contributed by atoms with E-state index in [1.165, 1.54) is 12.0 Å². The van der Waals surface area contributed by atoms with E-state index in [-0.39, 0.29) is 30.2 Å². The van der Waals surface area contributed by atoms with Crippen LogP contribution in [0, 0.1) is 13.8 Å². The second-order valence-corrected chi connectivity index (χ2v) is 10.8. The van der Waals surface area contributed by atoms with Crippen molar-refractivity contribution in [1.29, 1.82) is 0 Å². The minimum absolute atomic E-state index is 0.163. The number of nitrogens with one attached hydrogen (secondary N) is 1. The first kappa shape index (κ1) is 27.8. The molecule has 0 bridgehead atoms. The highest BCUT2D eigenvalue weighted by molar-refractivity contribution is 9.10. The maximum atomic E-state index is 12.9. The van der Waals surface area contributed by atoms with Gasteiger partial charge in [0.25, 0.3) is 17.1 Å². The van der Waals surface area contributed by atoms with Crippen molar-refractivity contribution < 1.29 is 23.9 Å². The summed E-state index contributed by atoms with van der Waals surface area (Å²) in [5.74, 6) is 0.0620. The number of thioether (sulfide) groups is 1. The number of nitrogens with zero attached hydrogens (tertiary/aromatic N) is 1. The number of hydrogen-bond donors (Lipinski definition) is 1. The second kappa shape index (κ2) is 12.1. The number of aryl methyl sites for hydroxylation is 2. The quantitative estimate of drug-likeness (QED) is 0.275. The Kier molecular flexibility index (Phi) is 8.81. The van der Waals surface area contributed by atoms with E-state index in [4.69, 9.17) is 21.1 Å². The number of ether oxygens (including phenoxy) is 2. The summed E-state index contributed by atoms with van der Waals surface area (Å²) < 4.78 is 11.9. The van der Waals surface area contributed by atoms with Gasteiger partial charge in [-0.25, -0.2) is 0 Å². The molecule has 0 aromatic heterocycles. The third kappa shape index (κ3) is 6.59. The molecule has 0 saturated carbocycles. The highest BCUT2D eigenvalue weighted by Crippen LogP contribution is 2.35. The first-order chi connectivity index (χ1) is 18.1. The molecule has 0 radical (unpaired) electrons. The Bertz CT molecular complexity index is 1440. The van der Waals surface area contributed by atoms with Gasteiger partial charge in [0.05, 0.1) is 24.2 Å². The molecule has 38 heavy (non-hydrogen) atoms. The van der Waals surface area contributed by atoms with E-state index >= 15 is 0 Å². The van der Waals surface area contributed by atoms with Gasteiger partial charge in [-0.3, -0.25) is 19.3 Å². The number of methoxy groups -OCH3 is 1. The van der Waals surface area contributed by atoms with Crippen molar-refractivity contribution in [1.82, 2.24) is 4.90 Å². The summed E-state index contributed by atoms with van der Waals surface area (Å²) in [4.78, 5) is 39.4. The van der Waals surface area contributed by atoms with E-state index in [1.807, 2.05) is 26.0 Å². The lowest BCUT2D eigenvalue weighted by molar-refractivity contribution is -0.123. The minimum Gasteiger partial charge on any atom is -0.493 e. The van der Waals surface area contributed by atoms with Crippen molar-refractivity contribution >= 4 is 68.1 Å². The number of rotatable bonds is 8. The summed E-state index contributed by atoms with van der Waals surface area (Å²) in [6.45, 7) is 3.91. The van der Waals surface area contributed by atoms with Crippen LogP contribution in [0.1, 0.15) is 22.3 Å². The fourth-order valence-corrected chi connectivity index (χ4v) is 5.18. The minimum atomic E-state index is -0.372. The van der Waals surface area contributed by atoms with Crippen LogP contribution in [0.2, 0.25) is 5.02 Å². The van der Waals surface area contributed by atoms with Crippen molar-refractivity contribution in [2.24, 2.45) is 0 Å². The van der Waals surface area contributed by atoms with Gasteiger partial charge in [-0.1, -0.05) is 29.8 Å². The zero-order valence-electron chi connectivity index (χ0n) is 20.8. The number of halogens is 2. The molecule has 1 aliphatic heterocycles. The molecular weight excluding hydrogens is 592 g/mol. The van der Waals surface area contributed by atoms with E-state index in [0.717, 1.165) is 32.9 Å². The Hall–Kier alpha value is -3.27. The normalized spacial score (nSPS) is 14.2. The van der Waals surface area contributed by atoms with Crippen molar-refractivity contribution in [2.45, 2.75) is 20.4 Å². The summed E-state index contributed by atoms with van der Waals surface area (Å²) >= 11 is 10.3. The molecule has 0 unspecified atom stereocenters. The van der Waals surface area contributed by atoms with E-state index in [0.29, 0.717) is 32.7 Å². The van der Waals surface area contributed by atoms with Crippen LogP contribution in [0.4, 0.5) is 10.5 Å². The zero-order valence-corrected chi connectivity index (χ0v) is 24.0. The first-order valence-electron chi connectivity index (χ1n) is 11.5. The lowest BCUT2D eigenvalue weighted by atomic mass is 10.1. The van der Waals surface area contributed by atoms with Gasteiger partial charge in [-0.2, -0.15) is 0 Å². The van der Waals surface area contributed by atoms with Gasteiger partial charge in [-0.05, 0) is 106 Å². The van der Waals surface area contributed by atoms with Crippen LogP contribution in [-0.4, -0.2) is 35.7 Å². The maximum absolute atomic E-state index is 12.9. The van der Waals surface area contributed by atoms with Crippen LogP contribution in [0.3, 0.4) is 0 Å². The fraction of sp³-hybridized carbons (Fsp3) is 0.179. The number of anilines is 1. The van der Waals surface area contributed by atoms with Crippen LogP contribution in [0.25, 0.3) is 6.08 Å². The predicted molar refractivity (Wildman–Crippen MR) is 154 cm³/mol. The highest BCUT2D eigenvalue weighted by atomic mass is 79.9. The highest BCUT2D eigenvalue weighted by Gasteiger charge is 2.35. The third-order valence-electron chi connectivity index (χ3n) is 5.83. The monoisotopic (exact) mass is 614 g/mol. The summed E-state index contributed by atoms with van der Waals surface area (Å²) in [6, 6.07) is 15.9. The van der Waals surface area contributed by atoms with E-state index in [9.17, 15) is 14.4 Å². The lowest BCUT2D eigenvalue weighted by Gasteiger charge is -2.13. The van der Waals surface area contributed by atoms with E-state index in [1.54, 1.807) is 48.5 Å². The van der Waals surface area contributed by atoms with Gasteiger partial charge >= 0.3 is 0 Å². The number of carbonyl (C=O) groups is 3. The van der Waals surface area contributed by atoms with Crippen LogP contribution in [0.5, 0.6) is 11.5 Å². The number of benzene rings is 3. The molecule has 4 rings (SSSR count). The third-order valence-corrected chi connectivity index (χ3v) is 7.64. The van der Waals surface area contributed by atoms with Crippen LogP contribution in [0.15, 0.2) is 64.0 Å². The van der Waals surface area contributed by atoms with Crippen LogP contribution >= 0.6 is 39.3 Å². The Balaban J connectivity index is 1.42. The van der Waals surface area contributed by atoms with Crippen molar-refractivity contribution in [3.63, 3.8) is 0 Å². The maximum Gasteiger partial charge on any atom is 0.293 e. The Labute approximate surface area is 238 Å². The first-order valence-corrected chi connectivity index (χ1v) is 13.5. The summed E-state index contributed by atoms with van der Waals surface area (Å²) in [5.41, 5.74) is 4.28. The zero-order chi connectivity index (χ0) is 27.4. The lowest BCUT2D eigenvalue weighted by Crippen LogP contribution is -2.27. The van der Waals surface area contributed by atoms with Gasteiger partial charge in [0, 0.05) is 9.50 Å². The molecule has 1 fully saturated rings. The molecular formula is C28H24BrClN2O5S. The molecule has 10 heteroatoms. The Morgan fingerprint density at radius 2 is 1.76 bits per heavy atom. The largest absolute Gasteiger partial charge is 0.493 e. The topological polar surface area (TPSA) is 84.9 Å². The Morgan fingerprint density at radius 1 is 1.05 bits per heavy atom.